The van der Waals surface area contributed by atoms with Gasteiger partial charge in [-0.05, 0) is 158 Å². The Hall–Kier alpha value is -9.52. The lowest BCUT2D eigenvalue weighted by Gasteiger charge is -2.15. The fraction of sp³-hybridized carbons (Fsp3) is 0.345. The van der Waals surface area contributed by atoms with Crippen LogP contribution in [0.3, 0.4) is 0 Å². The highest BCUT2D eigenvalue weighted by atomic mass is 31.2. The van der Waals surface area contributed by atoms with Crippen molar-refractivity contribution in [2.45, 2.75) is 163 Å². The van der Waals surface area contributed by atoms with Crippen molar-refractivity contribution in [3.63, 3.8) is 0 Å². The molecule has 6 aromatic heterocycles. The monoisotopic (exact) mass is 1400 g/mol. The summed E-state index contributed by atoms with van der Waals surface area (Å²) in [5.41, 5.74) is 14.9. The lowest BCUT2D eigenvalue weighted by atomic mass is 9.90. The molecule has 12 rings (SSSR count). The predicted octanol–water partition coefficient (Wildman–Crippen LogP) is 19.7. The Bertz CT molecular complexity index is 4650. The van der Waals surface area contributed by atoms with Gasteiger partial charge in [-0.25, -0.2) is 0 Å². The van der Waals surface area contributed by atoms with Crippen LogP contribution in [0.4, 0.5) is 0 Å². The van der Waals surface area contributed by atoms with E-state index in [1.165, 1.54) is 78.3 Å². The number of nitrogens with zero attached hydrogens (tertiary/aromatic N) is 9. The summed E-state index contributed by atoms with van der Waals surface area (Å²) in [5, 5.41) is 39.4. The van der Waals surface area contributed by atoms with Crippen LogP contribution in [-0.2, 0) is 30.6 Å². The maximum absolute atomic E-state index is 11.0. The number of rotatable bonds is 36. The summed E-state index contributed by atoms with van der Waals surface area (Å²) in [6, 6.07) is 55.7. The van der Waals surface area contributed by atoms with E-state index in [1.807, 2.05) is 85.2 Å². The zero-order chi connectivity index (χ0) is 71.9. The lowest BCUT2D eigenvalue weighted by Crippen LogP contribution is -2.16. The molecule has 103 heavy (non-hydrogen) atoms. The summed E-state index contributed by atoms with van der Waals surface area (Å²) in [7, 11) is -3.97. The third-order valence-corrected chi connectivity index (χ3v) is 19.0. The Balaban J connectivity index is 0.000000166. The van der Waals surface area contributed by atoms with Gasteiger partial charge in [0.25, 0.3) is 0 Å². The van der Waals surface area contributed by atoms with Crippen LogP contribution in [0.25, 0.3) is 90.4 Å². The van der Waals surface area contributed by atoms with E-state index >= 15 is 0 Å². The van der Waals surface area contributed by atoms with E-state index in [2.05, 4.69) is 199 Å². The summed E-state index contributed by atoms with van der Waals surface area (Å²) < 4.78 is 29.5. The fourth-order valence-electron chi connectivity index (χ4n) is 12.6. The van der Waals surface area contributed by atoms with E-state index in [1.54, 1.807) is 6.20 Å². The van der Waals surface area contributed by atoms with Gasteiger partial charge in [0.05, 0.1) is 22.7 Å². The molecule has 0 saturated heterocycles. The first-order valence-corrected chi connectivity index (χ1v) is 38.7. The molecule has 0 saturated carbocycles. The van der Waals surface area contributed by atoms with Crippen LogP contribution < -0.4 is 16.0 Å². The summed E-state index contributed by atoms with van der Waals surface area (Å²) in [6.45, 7) is 15.6. The highest BCUT2D eigenvalue weighted by molar-refractivity contribution is 7.51. The van der Waals surface area contributed by atoms with Crippen LogP contribution in [0.2, 0.25) is 0 Å². The molecular formula is C84H99N12O6P. The molecule has 5 N–H and O–H groups in total. The van der Waals surface area contributed by atoms with Gasteiger partial charge in [0, 0.05) is 89.6 Å². The Morgan fingerprint density at radius 3 is 1.32 bits per heavy atom. The third kappa shape index (κ3) is 22.5. The van der Waals surface area contributed by atoms with E-state index < -0.39 is 7.60 Å². The number of benzene rings is 6. The number of nitrogens with one attached hydrogen (secondary N) is 3. The predicted molar refractivity (Wildman–Crippen MR) is 416 cm³/mol. The van der Waals surface area contributed by atoms with Crippen LogP contribution in [0, 0.1) is 0 Å². The Labute approximate surface area is 606 Å². The summed E-state index contributed by atoms with van der Waals surface area (Å²) in [5.74, 6) is 3.61. The first kappa shape index (κ1) is 76.1. The zero-order valence-corrected chi connectivity index (χ0v) is 61.2. The topological polar surface area (TPSA) is 249 Å². The molecule has 19 heteroatoms. The normalized spacial score (nSPS) is 12.2. The van der Waals surface area contributed by atoms with Gasteiger partial charge in [-0.3, -0.25) is 19.5 Å². The molecule has 0 aliphatic rings. The molecule has 12 aromatic rings. The number of hydrogen-bond donors (Lipinski definition) is 5. The second-order valence-corrected chi connectivity index (χ2v) is 27.7. The second kappa shape index (κ2) is 40.4. The molecule has 0 aliphatic heterocycles. The molecule has 0 bridgehead atoms. The molecule has 6 heterocycles. The number of allylic oxidation sites excluding steroid dienone is 2. The smallest absolute Gasteiger partial charge is 0.325 e. The van der Waals surface area contributed by atoms with Crippen molar-refractivity contribution in [1.29, 1.82) is 0 Å². The Kier molecular flexibility index (Phi) is 29.8. The number of unbranched alkanes of at least 4 members (excludes halogenated alkanes) is 6. The van der Waals surface area contributed by atoms with Crippen molar-refractivity contribution >= 4 is 63.6 Å². The van der Waals surface area contributed by atoms with Crippen LogP contribution in [0.5, 0.6) is 0 Å². The van der Waals surface area contributed by atoms with Crippen molar-refractivity contribution in [1.82, 2.24) is 61.5 Å². The van der Waals surface area contributed by atoms with E-state index in [-0.39, 0.29) is 6.16 Å². The molecule has 6 aromatic carbocycles. The minimum absolute atomic E-state index is 0.129. The van der Waals surface area contributed by atoms with Crippen LogP contribution >= 0.6 is 7.60 Å². The van der Waals surface area contributed by atoms with Crippen LogP contribution in [-0.4, -0.2) is 81.1 Å². The minimum Gasteiger partial charge on any atom is -0.421 e. The molecule has 18 nitrogen and oxygen atoms in total. The molecule has 536 valence electrons. The SMILES string of the molecule is CCCC/C(=C\c1nnc(-c2ccc(CNCCCP(=O)(O)O)c3ncccc23)o1)c1ccccc1.CCCCC/C(=C\c1nnc(-c2ccc(CNCCCC)c3ncccc23)o1)c1ccccc1.CCCCCC(Cc1nnc(-c2ccc(CNCCC)c3ncccc23)o1)c1ccccc1. The van der Waals surface area contributed by atoms with E-state index in [0.29, 0.717) is 60.8 Å². The van der Waals surface area contributed by atoms with E-state index in [9.17, 15) is 4.57 Å². The van der Waals surface area contributed by atoms with Gasteiger partial charge in [-0.15, -0.1) is 30.6 Å². The number of pyridine rings is 3. The van der Waals surface area contributed by atoms with Gasteiger partial charge in [-0.1, -0.05) is 207 Å². The largest absolute Gasteiger partial charge is 0.421 e. The lowest BCUT2D eigenvalue weighted by molar-refractivity contribution is 0.371. The van der Waals surface area contributed by atoms with Gasteiger partial charge in [0.15, 0.2) is 0 Å². The molecule has 0 spiro atoms. The van der Waals surface area contributed by atoms with Gasteiger partial charge in [0.2, 0.25) is 35.3 Å². The van der Waals surface area contributed by atoms with Crippen molar-refractivity contribution in [2.24, 2.45) is 0 Å². The maximum atomic E-state index is 11.0. The van der Waals surface area contributed by atoms with Crippen molar-refractivity contribution < 1.29 is 27.6 Å². The number of aromatic nitrogens is 9. The van der Waals surface area contributed by atoms with Crippen LogP contribution in [0.15, 0.2) is 196 Å². The standard InChI is InChI=1S/C29H34N4O.C28H34N4O.C27H31N4O4P/c1-3-5-8-14-23(22-12-9-7-10-13-22)20-27-32-33-29(34-27)26-17-16-24(21-30-18-6-4-2)28-25(26)15-11-19-31-28;1-3-5-7-13-22(21-11-8-6-9-12-21)19-26-31-32-28(33-26)25-16-15-23(20-29-17-4-2)27-24(25)14-10-18-30-27;1-2-3-9-21(20-10-5-4-6-11-20)18-25-30-31-27(35-25)24-14-13-22(26-23(24)12-7-16-29-26)19-28-15-8-17-36(32,33)34/h7,9-13,15-17,19-20,30H,3-6,8,14,18,21H2,1-2H3;6,8-12,14-16,18,22,29H,3-5,7,13,17,19-20H2,1-2H3;4-7,10-14,16,18,28H,2-3,8-9,15,17,19H2,1H3,(H2,32,33,34)/b23-20+;;21-18+. The molecule has 0 aliphatic carbocycles. The molecular weight excluding hydrogens is 1300 g/mol. The average Bonchev–Trinajstić information content (AvgIpc) is 1.79. The number of fused-ring (bicyclic) bond motifs is 3. The molecule has 0 fully saturated rings. The quantitative estimate of drug-likeness (QED) is 0.0181. The minimum atomic E-state index is -3.97. The number of hydrogen-bond acceptors (Lipinski definition) is 16. The first-order valence-electron chi connectivity index (χ1n) is 36.9. The maximum Gasteiger partial charge on any atom is 0.325 e. The van der Waals surface area contributed by atoms with Gasteiger partial charge in [-0.2, -0.15) is 0 Å². The average molecular weight is 1400 g/mol. The van der Waals surface area contributed by atoms with Gasteiger partial charge < -0.3 is 39.0 Å². The van der Waals surface area contributed by atoms with Gasteiger partial charge in [0.1, 0.15) is 0 Å². The van der Waals surface area contributed by atoms with Gasteiger partial charge >= 0.3 is 7.60 Å². The highest BCUT2D eigenvalue weighted by Gasteiger charge is 2.21. The third-order valence-electron chi connectivity index (χ3n) is 18.1. The summed E-state index contributed by atoms with van der Waals surface area (Å²) in [4.78, 5) is 31.9. The summed E-state index contributed by atoms with van der Waals surface area (Å²) in [6.07, 6.45) is 26.4. The summed E-state index contributed by atoms with van der Waals surface area (Å²) >= 11 is 0. The molecule has 1 unspecified atom stereocenters. The molecule has 0 radical (unpaired) electrons. The Morgan fingerprint density at radius 1 is 0.427 bits per heavy atom. The second-order valence-electron chi connectivity index (χ2n) is 26.0. The first-order chi connectivity index (χ1) is 50.5. The highest BCUT2D eigenvalue weighted by Crippen LogP contribution is 2.37. The molecule has 1 atom stereocenters. The molecule has 0 amide bonds. The van der Waals surface area contributed by atoms with Crippen molar-refractivity contribution in [3.8, 4) is 34.4 Å². The van der Waals surface area contributed by atoms with Crippen molar-refractivity contribution in [2.75, 3.05) is 25.8 Å². The fourth-order valence-corrected chi connectivity index (χ4v) is 13.2. The Morgan fingerprint density at radius 2 is 0.854 bits per heavy atom. The van der Waals surface area contributed by atoms with Crippen LogP contribution in [0.1, 0.15) is 188 Å². The van der Waals surface area contributed by atoms with Crippen molar-refractivity contribution in [3.05, 3.63) is 233 Å². The zero-order valence-electron chi connectivity index (χ0n) is 60.3. The van der Waals surface area contributed by atoms with E-state index in [0.717, 1.165) is 138 Å². The van der Waals surface area contributed by atoms with E-state index in [4.69, 9.17) is 23.0 Å².